The molecule has 3 rings (SSSR count). The van der Waals surface area contributed by atoms with Crippen LogP contribution in [0.15, 0.2) is 10.6 Å². The summed E-state index contributed by atoms with van der Waals surface area (Å²) in [5.74, 6) is 0.240. The van der Waals surface area contributed by atoms with E-state index in [1.54, 1.807) is 4.90 Å². The van der Waals surface area contributed by atoms with E-state index in [-0.39, 0.29) is 17.7 Å². The first-order valence-corrected chi connectivity index (χ1v) is 9.45. The minimum absolute atomic E-state index is 0.0570. The fourth-order valence-electron chi connectivity index (χ4n) is 3.34. The zero-order valence-corrected chi connectivity index (χ0v) is 17.0. The van der Waals surface area contributed by atoms with Crippen molar-refractivity contribution in [1.29, 1.82) is 0 Å². The van der Waals surface area contributed by atoms with Gasteiger partial charge in [0.2, 0.25) is 5.91 Å². The quantitative estimate of drug-likeness (QED) is 0.810. The Balaban J connectivity index is 1.85. The Morgan fingerprint density at radius 2 is 1.70 bits per heavy atom. The van der Waals surface area contributed by atoms with Crippen LogP contribution in [-0.4, -0.2) is 57.9 Å². The molecule has 146 valence electrons. The maximum Gasteiger partial charge on any atom is 0.259 e. The molecule has 1 saturated heterocycles. The second-order valence-corrected chi connectivity index (χ2v) is 8.53. The van der Waals surface area contributed by atoms with Crippen molar-refractivity contribution >= 4 is 22.9 Å². The third-order valence-electron chi connectivity index (χ3n) is 4.95. The molecule has 2 aromatic heterocycles. The van der Waals surface area contributed by atoms with Gasteiger partial charge < -0.3 is 14.3 Å². The molecule has 0 bridgehead atoms. The topological polar surface area (TPSA) is 79.5 Å². The van der Waals surface area contributed by atoms with Crippen LogP contribution in [0.4, 0.5) is 0 Å². The van der Waals surface area contributed by atoms with Crippen LogP contribution in [0.2, 0.25) is 0 Å². The third kappa shape index (κ3) is 3.68. The van der Waals surface area contributed by atoms with Crippen LogP contribution in [0.3, 0.4) is 0 Å². The van der Waals surface area contributed by atoms with Gasteiger partial charge in [-0.2, -0.15) is 0 Å². The Hall–Kier alpha value is -2.44. The molecule has 0 saturated carbocycles. The summed E-state index contributed by atoms with van der Waals surface area (Å²) in [6.07, 6.45) is 0. The van der Waals surface area contributed by atoms with Gasteiger partial charge in [-0.15, -0.1) is 0 Å². The number of pyridine rings is 1. The summed E-state index contributed by atoms with van der Waals surface area (Å²) in [5, 5.41) is 4.66. The normalized spacial score (nSPS) is 15.7. The lowest BCUT2D eigenvalue weighted by Gasteiger charge is -2.37. The van der Waals surface area contributed by atoms with Gasteiger partial charge in [-0.25, -0.2) is 4.98 Å². The summed E-state index contributed by atoms with van der Waals surface area (Å²) in [6.45, 7) is 13.8. The Morgan fingerprint density at radius 1 is 1.11 bits per heavy atom. The maximum atomic E-state index is 13.2. The Morgan fingerprint density at radius 3 is 2.26 bits per heavy atom. The fourth-order valence-corrected chi connectivity index (χ4v) is 3.34. The second kappa shape index (κ2) is 6.94. The average molecular weight is 372 g/mol. The van der Waals surface area contributed by atoms with Crippen molar-refractivity contribution in [2.45, 2.75) is 47.5 Å². The van der Waals surface area contributed by atoms with E-state index < -0.39 is 5.41 Å². The Labute approximate surface area is 159 Å². The predicted octanol–water partition coefficient (Wildman–Crippen LogP) is 2.99. The summed E-state index contributed by atoms with van der Waals surface area (Å²) in [6, 6.07) is 1.85. The number of hydrogen-bond acceptors (Lipinski definition) is 5. The van der Waals surface area contributed by atoms with Gasteiger partial charge in [0.15, 0.2) is 0 Å². The van der Waals surface area contributed by atoms with Gasteiger partial charge in [0.1, 0.15) is 0 Å². The molecule has 2 amide bonds. The number of aromatic nitrogens is 2. The number of amides is 2. The van der Waals surface area contributed by atoms with Crippen molar-refractivity contribution in [3.63, 3.8) is 0 Å². The first-order valence-electron chi connectivity index (χ1n) is 9.45. The highest BCUT2D eigenvalue weighted by molar-refractivity contribution is 6.06. The Bertz CT molecular complexity index is 871. The summed E-state index contributed by atoms with van der Waals surface area (Å²) >= 11 is 0. The Kier molecular flexibility index (Phi) is 4.97. The molecule has 1 aliphatic heterocycles. The molecule has 2 aromatic rings. The zero-order chi connectivity index (χ0) is 19.9. The second-order valence-electron chi connectivity index (χ2n) is 8.53. The number of hydrogen-bond donors (Lipinski definition) is 0. The van der Waals surface area contributed by atoms with Crippen molar-refractivity contribution in [1.82, 2.24) is 19.9 Å². The van der Waals surface area contributed by atoms with E-state index in [2.05, 4.69) is 10.1 Å². The van der Waals surface area contributed by atoms with E-state index in [4.69, 9.17) is 4.52 Å². The summed E-state index contributed by atoms with van der Waals surface area (Å²) in [7, 11) is 0. The van der Waals surface area contributed by atoms with Gasteiger partial charge >= 0.3 is 0 Å². The van der Waals surface area contributed by atoms with Crippen LogP contribution in [0.5, 0.6) is 0 Å². The lowest BCUT2D eigenvalue weighted by molar-refractivity contribution is -0.140. The fraction of sp³-hybridized carbons (Fsp3) is 0.600. The standard InChI is InChI=1S/C20H28N4O3/c1-12(2)15-11-14(16-13(3)22-27-17(16)21-15)18(25)23-7-9-24(10-8-23)19(26)20(4,5)6/h11-12H,7-10H2,1-6H3. The molecule has 7 heteroatoms. The largest absolute Gasteiger partial charge is 0.339 e. The summed E-state index contributed by atoms with van der Waals surface area (Å²) in [4.78, 5) is 33.8. The molecule has 7 nitrogen and oxygen atoms in total. The minimum Gasteiger partial charge on any atom is -0.339 e. The van der Waals surface area contributed by atoms with Crippen LogP contribution in [0.1, 0.15) is 62.3 Å². The molecular formula is C20H28N4O3. The SMILES string of the molecule is Cc1noc2nc(C(C)C)cc(C(=O)N3CCN(C(=O)C(C)(C)C)CC3)c12. The van der Waals surface area contributed by atoms with Crippen molar-refractivity contribution < 1.29 is 14.1 Å². The number of aryl methyl sites for hydroxylation is 1. The first-order chi connectivity index (χ1) is 12.6. The molecule has 1 aliphatic rings. The van der Waals surface area contributed by atoms with E-state index >= 15 is 0 Å². The average Bonchev–Trinajstić information content (AvgIpc) is 3.00. The highest BCUT2D eigenvalue weighted by atomic mass is 16.5. The van der Waals surface area contributed by atoms with Crippen molar-refractivity contribution in [3.8, 4) is 0 Å². The van der Waals surface area contributed by atoms with Gasteiger partial charge in [0.05, 0.1) is 16.6 Å². The molecular weight excluding hydrogens is 344 g/mol. The van der Waals surface area contributed by atoms with Crippen LogP contribution < -0.4 is 0 Å². The number of carbonyl (C=O) groups is 2. The molecule has 27 heavy (non-hydrogen) atoms. The minimum atomic E-state index is -0.408. The molecule has 0 aromatic carbocycles. The first kappa shape index (κ1) is 19.3. The van der Waals surface area contributed by atoms with E-state index in [9.17, 15) is 9.59 Å². The number of carbonyl (C=O) groups excluding carboxylic acids is 2. The van der Waals surface area contributed by atoms with Crippen LogP contribution in [-0.2, 0) is 4.79 Å². The van der Waals surface area contributed by atoms with Gasteiger partial charge in [-0.05, 0) is 18.9 Å². The monoisotopic (exact) mass is 372 g/mol. The van der Waals surface area contributed by atoms with Crippen molar-refractivity contribution in [2.75, 3.05) is 26.2 Å². The lowest BCUT2D eigenvalue weighted by Crippen LogP contribution is -2.53. The molecule has 0 unspecified atom stereocenters. The van der Waals surface area contributed by atoms with Gasteiger partial charge in [0, 0.05) is 37.3 Å². The number of rotatable bonds is 2. The lowest BCUT2D eigenvalue weighted by atomic mass is 9.94. The number of fused-ring (bicyclic) bond motifs is 1. The zero-order valence-electron chi connectivity index (χ0n) is 17.0. The van der Waals surface area contributed by atoms with Crippen LogP contribution in [0.25, 0.3) is 11.1 Å². The summed E-state index contributed by atoms with van der Waals surface area (Å²) in [5.41, 5.74) is 2.05. The molecule has 1 fully saturated rings. The molecule has 0 atom stereocenters. The summed E-state index contributed by atoms with van der Waals surface area (Å²) < 4.78 is 5.32. The predicted molar refractivity (Wildman–Crippen MR) is 103 cm³/mol. The van der Waals surface area contributed by atoms with Crippen LogP contribution >= 0.6 is 0 Å². The molecule has 0 radical (unpaired) electrons. The number of piperazine rings is 1. The molecule has 0 spiro atoms. The van der Waals surface area contributed by atoms with E-state index in [0.717, 1.165) is 5.69 Å². The van der Waals surface area contributed by atoms with Crippen molar-refractivity contribution in [3.05, 3.63) is 23.0 Å². The van der Waals surface area contributed by atoms with Crippen molar-refractivity contribution in [2.24, 2.45) is 5.41 Å². The molecule has 3 heterocycles. The van der Waals surface area contributed by atoms with Gasteiger partial charge in [-0.3, -0.25) is 9.59 Å². The third-order valence-corrected chi connectivity index (χ3v) is 4.95. The van der Waals surface area contributed by atoms with Crippen LogP contribution in [0, 0.1) is 12.3 Å². The van der Waals surface area contributed by atoms with Gasteiger partial charge in [-0.1, -0.05) is 39.8 Å². The molecule has 0 aliphatic carbocycles. The molecule has 0 N–H and O–H groups in total. The maximum absolute atomic E-state index is 13.2. The van der Waals surface area contributed by atoms with Gasteiger partial charge in [0.25, 0.3) is 11.6 Å². The highest BCUT2D eigenvalue weighted by Crippen LogP contribution is 2.27. The van der Waals surface area contributed by atoms with E-state index in [1.165, 1.54) is 0 Å². The smallest absolute Gasteiger partial charge is 0.259 e. The number of nitrogens with zero attached hydrogens (tertiary/aromatic N) is 4. The van der Waals surface area contributed by atoms with E-state index in [1.807, 2.05) is 52.5 Å². The highest BCUT2D eigenvalue weighted by Gasteiger charge is 2.32. The van der Waals surface area contributed by atoms with E-state index in [0.29, 0.717) is 48.5 Å².